The van der Waals surface area contributed by atoms with Crippen LogP contribution in [0.1, 0.15) is 0 Å². The molecule has 0 aromatic rings. The summed E-state index contributed by atoms with van der Waals surface area (Å²) in [5.74, 6) is 0. The van der Waals surface area contributed by atoms with E-state index >= 15 is 0 Å². The van der Waals surface area contributed by atoms with Crippen molar-refractivity contribution in [3.8, 4) is 0 Å². The average Bonchev–Trinajstić information content (AvgIpc) is 1.19. The molecule has 0 unspecified atom stereocenters. The van der Waals surface area contributed by atoms with Gasteiger partial charge in [-0.2, -0.15) is 0 Å². The van der Waals surface area contributed by atoms with Crippen LogP contribution in [0.4, 0.5) is 0 Å². The Labute approximate surface area is 78.5 Å². The van der Waals surface area contributed by atoms with Gasteiger partial charge in [-0.3, -0.25) is 8.42 Å². The zero-order chi connectivity index (χ0) is 8.08. The Morgan fingerprint density at radius 1 is 1.18 bits per heavy atom. The molecule has 0 aromatic heterocycles. The molecule has 8 nitrogen and oxygen atoms in total. The topological polar surface area (TPSA) is 175 Å². The second-order valence-electron chi connectivity index (χ2n) is 0.661. The third-order valence-corrected chi connectivity index (χ3v) is 0. The second kappa shape index (κ2) is 10.8. The molecular weight excluding hydrogens is 291 g/mol. The molecule has 0 aliphatic heterocycles. The molecular formula is H4AsFeO8S. The monoisotopic (exact) mass is 295 g/mol. The minimum atomic E-state index is -5.17. The molecule has 11 heavy (non-hydrogen) atoms. The van der Waals surface area contributed by atoms with E-state index in [4.69, 9.17) is 29.8 Å². The fourth-order valence-corrected chi connectivity index (χ4v) is 0. The molecule has 0 spiro atoms. The van der Waals surface area contributed by atoms with Crippen molar-refractivity contribution in [2.45, 2.75) is 0 Å². The van der Waals surface area contributed by atoms with Crippen molar-refractivity contribution < 1.29 is 52.4 Å². The van der Waals surface area contributed by atoms with Crippen LogP contribution in [0.3, 0.4) is 0 Å². The van der Waals surface area contributed by atoms with E-state index in [0.717, 1.165) is 0 Å². The van der Waals surface area contributed by atoms with Gasteiger partial charge in [-0.1, -0.05) is 0 Å². The number of hydrogen-bond acceptors (Lipinski definition) is 7. The predicted octanol–water partition coefficient (Wildman–Crippen LogP) is -4.85. The van der Waals surface area contributed by atoms with Crippen LogP contribution in [0.25, 0.3) is 0 Å². The SMILES string of the molecule is O.O=S(=O)([O-])[O-].[Fe+3].[O-][As](O)O. The van der Waals surface area contributed by atoms with Gasteiger partial charge in [0.2, 0.25) is 0 Å². The molecule has 11 heteroatoms. The zero-order valence-electron chi connectivity index (χ0n) is 4.64. The quantitative estimate of drug-likeness (QED) is 0.256. The van der Waals surface area contributed by atoms with Crippen molar-refractivity contribution >= 4 is 26.1 Å². The fourth-order valence-electron chi connectivity index (χ4n) is 0. The van der Waals surface area contributed by atoms with E-state index in [2.05, 4.69) is 0 Å². The Hall–Kier alpha value is 0.788. The number of rotatable bonds is 0. The summed E-state index contributed by atoms with van der Waals surface area (Å²) in [6.07, 6.45) is 0. The summed E-state index contributed by atoms with van der Waals surface area (Å²) in [4.78, 5) is 0. The van der Waals surface area contributed by atoms with Gasteiger partial charge in [-0.25, -0.2) is 0 Å². The summed E-state index contributed by atoms with van der Waals surface area (Å²) in [6.45, 7) is 0. The van der Waals surface area contributed by atoms with Crippen LogP contribution in [0.5, 0.6) is 0 Å². The van der Waals surface area contributed by atoms with Gasteiger partial charge in [0, 0.05) is 10.4 Å². The Morgan fingerprint density at radius 3 is 1.18 bits per heavy atom. The minimum absolute atomic E-state index is 0. The first-order valence-electron chi connectivity index (χ1n) is 1.25. The van der Waals surface area contributed by atoms with Gasteiger partial charge in [0.25, 0.3) is 0 Å². The van der Waals surface area contributed by atoms with E-state index < -0.39 is 26.1 Å². The predicted molar refractivity (Wildman–Crippen MR) is 24.3 cm³/mol. The molecule has 0 rings (SSSR count). The Bertz CT molecular complexity index is 125. The first-order valence-corrected chi connectivity index (χ1v) is 5.03. The maximum atomic E-state index is 8.78. The normalized spacial score (nSPS) is 8.55. The summed E-state index contributed by atoms with van der Waals surface area (Å²) < 4.78 is 57.3. The molecule has 0 aliphatic carbocycles. The van der Waals surface area contributed by atoms with Crippen LogP contribution in [0.2, 0.25) is 0 Å². The van der Waals surface area contributed by atoms with E-state index in [1.807, 2.05) is 0 Å². The molecule has 0 amide bonds. The van der Waals surface area contributed by atoms with Crippen LogP contribution < -0.4 is 4.10 Å². The zero-order valence-corrected chi connectivity index (χ0v) is 8.44. The van der Waals surface area contributed by atoms with Crippen LogP contribution >= 0.6 is 0 Å². The molecule has 0 saturated carbocycles. The van der Waals surface area contributed by atoms with E-state index in [1.165, 1.54) is 0 Å². The van der Waals surface area contributed by atoms with Crippen molar-refractivity contribution in [2.24, 2.45) is 0 Å². The van der Waals surface area contributed by atoms with Gasteiger partial charge in [0.05, 0.1) is 0 Å². The van der Waals surface area contributed by atoms with Gasteiger partial charge < -0.3 is 14.6 Å². The molecule has 71 valence electrons. The van der Waals surface area contributed by atoms with Gasteiger partial charge >= 0.3 is 45.0 Å². The van der Waals surface area contributed by atoms with Crippen molar-refractivity contribution in [2.75, 3.05) is 0 Å². The first-order chi connectivity index (χ1) is 3.73. The third kappa shape index (κ3) is 1340. The first kappa shape index (κ1) is 22.6. The summed E-state index contributed by atoms with van der Waals surface area (Å²) in [5.41, 5.74) is 0. The summed E-state index contributed by atoms with van der Waals surface area (Å²) >= 11 is -3.44. The van der Waals surface area contributed by atoms with Crippen molar-refractivity contribution in [3.63, 3.8) is 0 Å². The Kier molecular flexibility index (Phi) is 22.2. The molecule has 1 radical (unpaired) electrons. The Balaban J connectivity index is -0.0000000383. The molecule has 0 atom stereocenters. The van der Waals surface area contributed by atoms with E-state index in [1.54, 1.807) is 0 Å². The van der Waals surface area contributed by atoms with Gasteiger partial charge in [-0.05, 0) is 0 Å². The summed E-state index contributed by atoms with van der Waals surface area (Å²) in [5, 5.41) is 0. The van der Waals surface area contributed by atoms with Crippen LogP contribution in [-0.4, -0.2) is 46.9 Å². The van der Waals surface area contributed by atoms with Crippen LogP contribution in [0, 0.1) is 0 Å². The molecule has 0 fully saturated rings. The second-order valence-corrected chi connectivity index (χ2v) is 2.54. The molecule has 0 saturated heterocycles. The molecule has 4 N–H and O–H groups in total. The summed E-state index contributed by atoms with van der Waals surface area (Å²) in [7, 11) is -5.17. The van der Waals surface area contributed by atoms with E-state index in [-0.39, 0.29) is 22.5 Å². The molecule has 0 aromatic carbocycles. The third-order valence-electron chi connectivity index (χ3n) is 0. The van der Waals surface area contributed by atoms with Gasteiger partial charge in [0.15, 0.2) is 0 Å². The molecule has 0 aliphatic rings. The summed E-state index contributed by atoms with van der Waals surface area (Å²) in [6, 6.07) is 0. The van der Waals surface area contributed by atoms with Crippen molar-refractivity contribution in [3.05, 3.63) is 0 Å². The van der Waals surface area contributed by atoms with Crippen LogP contribution in [-0.2, 0) is 27.5 Å². The standard InChI is InChI=1S/AsH2O3.Fe.H2O4S.H2O/c2-1(3)4;;1-5(2,3)4;/h2-3H;;(H2,1,2,3,4);1H2/q-1;+3;;/p-2. The van der Waals surface area contributed by atoms with Crippen molar-refractivity contribution in [1.82, 2.24) is 0 Å². The van der Waals surface area contributed by atoms with E-state index in [9.17, 15) is 0 Å². The van der Waals surface area contributed by atoms with E-state index in [0.29, 0.717) is 0 Å². The number of hydrogen-bond donors (Lipinski definition) is 2. The van der Waals surface area contributed by atoms with Gasteiger partial charge in [0.1, 0.15) is 0 Å². The average molecular weight is 295 g/mol. The van der Waals surface area contributed by atoms with Crippen molar-refractivity contribution in [1.29, 1.82) is 0 Å². The van der Waals surface area contributed by atoms with Gasteiger partial charge in [-0.15, -0.1) is 0 Å². The Morgan fingerprint density at radius 2 is 1.18 bits per heavy atom. The molecule has 0 heterocycles. The fraction of sp³-hybridized carbons (Fsp3) is 0. The molecule has 0 bridgehead atoms. The van der Waals surface area contributed by atoms with Crippen LogP contribution in [0.15, 0.2) is 0 Å². The maximum absolute atomic E-state index is 8.78.